The summed E-state index contributed by atoms with van der Waals surface area (Å²) >= 11 is 13.4. The van der Waals surface area contributed by atoms with Gasteiger partial charge in [-0.25, -0.2) is 0 Å². The van der Waals surface area contributed by atoms with Crippen LogP contribution >= 0.6 is 43.5 Å². The van der Waals surface area contributed by atoms with E-state index in [1.165, 1.54) is 5.56 Å². The molecule has 0 saturated carbocycles. The zero-order valence-corrected chi connectivity index (χ0v) is 15.3. The first-order chi connectivity index (χ1) is 10.1. The Balaban J connectivity index is 2.00. The van der Waals surface area contributed by atoms with Crippen molar-refractivity contribution >= 4 is 43.5 Å². The number of ether oxygens (including phenoxy) is 1. The van der Waals surface area contributed by atoms with E-state index in [1.54, 1.807) is 0 Å². The number of benzene rings is 2. The maximum absolute atomic E-state index is 6.34. The third-order valence-corrected chi connectivity index (χ3v) is 5.05. The van der Waals surface area contributed by atoms with Gasteiger partial charge in [0.1, 0.15) is 11.9 Å². The van der Waals surface area contributed by atoms with Crippen molar-refractivity contribution in [1.29, 1.82) is 0 Å². The predicted octanol–water partition coefficient (Wildman–Crippen LogP) is 5.65. The fourth-order valence-electron chi connectivity index (χ4n) is 2.67. The fraction of sp³-hybridized carbons (Fsp3) is 0.250. The lowest BCUT2D eigenvalue weighted by molar-refractivity contribution is 0.154. The molecule has 1 aliphatic heterocycles. The smallest absolute Gasteiger partial charge is 0.127 e. The van der Waals surface area contributed by atoms with E-state index in [4.69, 9.17) is 16.3 Å². The Morgan fingerprint density at radius 2 is 1.76 bits per heavy atom. The van der Waals surface area contributed by atoms with E-state index in [0.29, 0.717) is 0 Å². The molecule has 2 aromatic carbocycles. The molecule has 0 saturated heterocycles. The Labute approximate surface area is 146 Å². The number of rotatable bonds is 2. The molecule has 0 fully saturated rings. The van der Waals surface area contributed by atoms with Gasteiger partial charge >= 0.3 is 0 Å². The van der Waals surface area contributed by atoms with E-state index in [2.05, 4.69) is 43.2 Å². The molecule has 0 bridgehead atoms. The second kappa shape index (κ2) is 6.29. The van der Waals surface area contributed by atoms with Crippen LogP contribution in [0.2, 0.25) is 5.02 Å². The zero-order chi connectivity index (χ0) is 15.0. The van der Waals surface area contributed by atoms with Crippen molar-refractivity contribution in [3.8, 4) is 5.75 Å². The van der Waals surface area contributed by atoms with Gasteiger partial charge in [0, 0.05) is 37.6 Å². The lowest BCUT2D eigenvalue weighted by Crippen LogP contribution is -2.26. The number of halogens is 3. The summed E-state index contributed by atoms with van der Waals surface area (Å²) in [6, 6.07) is 12.2. The molecule has 0 radical (unpaired) electrons. The quantitative estimate of drug-likeness (QED) is 0.664. The molecular weight excluding hydrogens is 417 g/mol. The van der Waals surface area contributed by atoms with Crippen LogP contribution in [0.4, 0.5) is 0 Å². The largest absolute Gasteiger partial charge is 0.485 e. The summed E-state index contributed by atoms with van der Waals surface area (Å²) in [6.07, 6.45) is 0.789. The van der Waals surface area contributed by atoms with Crippen LogP contribution < -0.4 is 10.1 Å². The molecule has 2 unspecified atom stereocenters. The highest BCUT2D eigenvalue weighted by molar-refractivity contribution is 9.10. The third kappa shape index (κ3) is 3.14. The molecule has 2 nitrogen and oxygen atoms in total. The molecule has 2 aromatic rings. The first kappa shape index (κ1) is 15.3. The molecule has 110 valence electrons. The van der Waals surface area contributed by atoms with Crippen LogP contribution in [0, 0.1) is 0 Å². The Kier molecular flexibility index (Phi) is 4.60. The molecule has 5 heteroatoms. The maximum Gasteiger partial charge on any atom is 0.127 e. The SMILES string of the molecule is CNC1CC(c2cc(Br)ccc2Cl)Oc2ccc(Br)cc21. The van der Waals surface area contributed by atoms with Gasteiger partial charge in [0.15, 0.2) is 0 Å². The lowest BCUT2D eigenvalue weighted by atomic mass is 9.93. The molecule has 21 heavy (non-hydrogen) atoms. The number of nitrogens with one attached hydrogen (secondary N) is 1. The van der Waals surface area contributed by atoms with Crippen molar-refractivity contribution in [2.45, 2.75) is 18.6 Å². The van der Waals surface area contributed by atoms with E-state index in [-0.39, 0.29) is 12.1 Å². The molecule has 2 atom stereocenters. The molecule has 0 aliphatic carbocycles. The molecule has 1 aliphatic rings. The van der Waals surface area contributed by atoms with Gasteiger partial charge in [0.2, 0.25) is 0 Å². The van der Waals surface area contributed by atoms with E-state index >= 15 is 0 Å². The summed E-state index contributed by atoms with van der Waals surface area (Å²) in [5.41, 5.74) is 2.19. The number of fused-ring (bicyclic) bond motifs is 1. The number of hydrogen-bond acceptors (Lipinski definition) is 2. The van der Waals surface area contributed by atoms with Crippen LogP contribution in [0.5, 0.6) is 5.75 Å². The minimum absolute atomic E-state index is 0.0545. The van der Waals surface area contributed by atoms with Crippen molar-refractivity contribution < 1.29 is 4.74 Å². The Morgan fingerprint density at radius 3 is 2.48 bits per heavy atom. The van der Waals surface area contributed by atoms with Crippen molar-refractivity contribution in [3.63, 3.8) is 0 Å². The molecule has 1 heterocycles. The third-order valence-electron chi connectivity index (χ3n) is 3.72. The average molecular weight is 432 g/mol. The molecule has 0 aromatic heterocycles. The van der Waals surface area contributed by atoms with E-state index in [9.17, 15) is 0 Å². The highest BCUT2D eigenvalue weighted by Gasteiger charge is 2.29. The van der Waals surface area contributed by atoms with Crippen LogP contribution in [0.25, 0.3) is 0 Å². The van der Waals surface area contributed by atoms with Gasteiger partial charge in [-0.15, -0.1) is 0 Å². The Hall–Kier alpha value is -0.550. The lowest BCUT2D eigenvalue weighted by Gasteiger charge is -2.33. The molecule has 0 spiro atoms. The monoisotopic (exact) mass is 429 g/mol. The summed E-state index contributed by atoms with van der Waals surface area (Å²) in [5.74, 6) is 0.907. The first-order valence-electron chi connectivity index (χ1n) is 6.67. The van der Waals surface area contributed by atoms with Gasteiger partial charge in [-0.1, -0.05) is 43.5 Å². The van der Waals surface area contributed by atoms with Crippen molar-refractivity contribution in [2.75, 3.05) is 7.05 Å². The molecule has 0 amide bonds. The maximum atomic E-state index is 6.34. The van der Waals surface area contributed by atoms with E-state index < -0.39 is 0 Å². The summed E-state index contributed by atoms with van der Waals surface area (Å²) < 4.78 is 8.24. The van der Waals surface area contributed by atoms with Crippen LogP contribution in [0.15, 0.2) is 45.3 Å². The first-order valence-corrected chi connectivity index (χ1v) is 8.63. The summed E-state index contributed by atoms with van der Waals surface area (Å²) in [5, 5.41) is 4.10. The zero-order valence-electron chi connectivity index (χ0n) is 11.4. The normalized spacial score (nSPS) is 20.8. The van der Waals surface area contributed by atoms with Crippen LogP contribution in [0.3, 0.4) is 0 Å². The predicted molar refractivity (Wildman–Crippen MR) is 93.1 cm³/mol. The van der Waals surface area contributed by atoms with Gasteiger partial charge < -0.3 is 10.1 Å². The van der Waals surface area contributed by atoms with Gasteiger partial charge in [-0.2, -0.15) is 0 Å². The fourth-order valence-corrected chi connectivity index (χ4v) is 3.66. The summed E-state index contributed by atoms with van der Waals surface area (Å²) in [6.45, 7) is 0. The van der Waals surface area contributed by atoms with Gasteiger partial charge in [0.25, 0.3) is 0 Å². The topological polar surface area (TPSA) is 21.3 Å². The second-order valence-corrected chi connectivity index (χ2v) is 7.27. The van der Waals surface area contributed by atoms with Crippen molar-refractivity contribution in [2.24, 2.45) is 0 Å². The Bertz CT molecular complexity index is 677. The van der Waals surface area contributed by atoms with E-state index in [1.807, 2.05) is 37.4 Å². The highest BCUT2D eigenvalue weighted by atomic mass is 79.9. The second-order valence-electron chi connectivity index (χ2n) is 5.03. The van der Waals surface area contributed by atoms with Crippen LogP contribution in [-0.4, -0.2) is 7.05 Å². The standard InChI is InChI=1S/C16H14Br2ClNO/c1-20-14-8-16(11-6-9(17)2-4-13(11)19)21-15-5-3-10(18)7-12(14)15/h2-7,14,16,20H,8H2,1H3. The number of hydrogen-bond donors (Lipinski definition) is 1. The van der Waals surface area contributed by atoms with Crippen molar-refractivity contribution in [3.05, 3.63) is 61.5 Å². The van der Waals surface area contributed by atoms with Gasteiger partial charge in [-0.05, 0) is 43.4 Å². The summed E-state index contributed by atoms with van der Waals surface area (Å²) in [4.78, 5) is 0. The molecule has 3 rings (SSSR count). The van der Waals surface area contributed by atoms with Crippen molar-refractivity contribution in [1.82, 2.24) is 5.32 Å². The Morgan fingerprint density at radius 1 is 1.10 bits per heavy atom. The summed E-state index contributed by atoms with van der Waals surface area (Å²) in [7, 11) is 1.97. The molecule has 1 N–H and O–H groups in total. The minimum Gasteiger partial charge on any atom is -0.485 e. The van der Waals surface area contributed by atoms with E-state index in [0.717, 1.165) is 31.7 Å². The van der Waals surface area contributed by atoms with Crippen LogP contribution in [-0.2, 0) is 0 Å². The molecular formula is C16H14Br2ClNO. The van der Waals surface area contributed by atoms with Gasteiger partial charge in [-0.3, -0.25) is 0 Å². The minimum atomic E-state index is -0.0545. The van der Waals surface area contributed by atoms with Crippen LogP contribution in [0.1, 0.15) is 29.7 Å². The highest BCUT2D eigenvalue weighted by Crippen LogP contribution is 2.43. The van der Waals surface area contributed by atoms with Gasteiger partial charge in [0.05, 0.1) is 0 Å². The average Bonchev–Trinajstić information content (AvgIpc) is 2.48.